The first-order chi connectivity index (χ1) is 7.80. The molecule has 1 N–H and O–H groups in total. The monoisotopic (exact) mass is 319 g/mol. The number of aromatic nitrogens is 2. The molecule has 0 radical (unpaired) electrons. The van der Waals surface area contributed by atoms with Gasteiger partial charge in [-0.3, -0.25) is 4.68 Å². The SMILES string of the molecule is Cc1nn2c(c1Br)[C@H](N[S@+]([O-])C(C)(C)C)CC2. The summed E-state index contributed by atoms with van der Waals surface area (Å²) >= 11 is 2.51. The standard InChI is InChI=1S/C11H18BrN3OS/c1-7-9(12)10-8(5-6-15(10)13-7)14-17(16)11(2,3)4/h8,14H,5-6H2,1-4H3/t8-,17-/m1/s1. The molecule has 0 fully saturated rings. The normalized spacial score (nSPS) is 21.6. The van der Waals surface area contributed by atoms with Gasteiger partial charge in [0.25, 0.3) is 0 Å². The fraction of sp³-hybridized carbons (Fsp3) is 0.727. The zero-order valence-electron chi connectivity index (χ0n) is 10.6. The van der Waals surface area contributed by atoms with Crippen LogP contribution in [0.3, 0.4) is 0 Å². The van der Waals surface area contributed by atoms with E-state index in [-0.39, 0.29) is 10.8 Å². The Bertz CT molecular complexity index is 427. The highest BCUT2D eigenvalue weighted by Gasteiger charge is 2.35. The summed E-state index contributed by atoms with van der Waals surface area (Å²) in [6.07, 6.45) is 0.947. The Morgan fingerprint density at radius 1 is 1.53 bits per heavy atom. The fourth-order valence-electron chi connectivity index (χ4n) is 1.89. The van der Waals surface area contributed by atoms with Gasteiger partial charge < -0.3 is 4.55 Å². The van der Waals surface area contributed by atoms with Crippen LogP contribution in [-0.2, 0) is 17.9 Å². The molecule has 0 aromatic carbocycles. The van der Waals surface area contributed by atoms with Crippen LogP contribution in [-0.4, -0.2) is 19.1 Å². The van der Waals surface area contributed by atoms with Gasteiger partial charge in [0.15, 0.2) is 0 Å². The van der Waals surface area contributed by atoms with Crippen molar-refractivity contribution in [3.63, 3.8) is 0 Å². The molecule has 2 heterocycles. The van der Waals surface area contributed by atoms with Gasteiger partial charge in [-0.2, -0.15) is 5.10 Å². The quantitative estimate of drug-likeness (QED) is 0.852. The lowest BCUT2D eigenvalue weighted by molar-refractivity contribution is 0.520. The van der Waals surface area contributed by atoms with Gasteiger partial charge in [-0.25, -0.2) is 0 Å². The Kier molecular flexibility index (Phi) is 3.60. The van der Waals surface area contributed by atoms with E-state index in [1.165, 1.54) is 0 Å². The molecule has 0 bridgehead atoms. The van der Waals surface area contributed by atoms with Crippen LogP contribution < -0.4 is 4.72 Å². The Hall–Kier alpha value is -0.0400. The molecular weight excluding hydrogens is 302 g/mol. The highest BCUT2D eigenvalue weighted by atomic mass is 79.9. The smallest absolute Gasteiger partial charge is 0.136 e. The minimum absolute atomic E-state index is 0.130. The largest absolute Gasteiger partial charge is 0.598 e. The van der Waals surface area contributed by atoms with Crippen LogP contribution in [0.2, 0.25) is 0 Å². The van der Waals surface area contributed by atoms with Gasteiger partial charge in [0.05, 0.1) is 21.9 Å². The number of nitrogens with one attached hydrogen (secondary N) is 1. The van der Waals surface area contributed by atoms with Crippen molar-refractivity contribution in [1.82, 2.24) is 14.5 Å². The molecule has 2 rings (SSSR count). The third-order valence-electron chi connectivity index (χ3n) is 2.86. The van der Waals surface area contributed by atoms with Crippen molar-refractivity contribution in [3.8, 4) is 0 Å². The molecule has 4 nitrogen and oxygen atoms in total. The molecule has 6 heteroatoms. The first-order valence-electron chi connectivity index (χ1n) is 5.71. The summed E-state index contributed by atoms with van der Waals surface area (Å²) in [6.45, 7) is 8.79. The van der Waals surface area contributed by atoms with E-state index in [4.69, 9.17) is 0 Å². The fourth-order valence-corrected chi connectivity index (χ4v) is 3.29. The summed E-state index contributed by atoms with van der Waals surface area (Å²) < 4.78 is 18.1. The minimum atomic E-state index is -1.05. The van der Waals surface area contributed by atoms with Gasteiger partial charge in [-0.05, 0) is 50.0 Å². The lowest BCUT2D eigenvalue weighted by atomic mass is 10.2. The summed E-state index contributed by atoms with van der Waals surface area (Å²) in [5, 5.41) is 4.44. The van der Waals surface area contributed by atoms with E-state index in [0.29, 0.717) is 0 Å². The van der Waals surface area contributed by atoms with Crippen molar-refractivity contribution in [2.24, 2.45) is 0 Å². The molecule has 96 valence electrons. The number of halogens is 1. The van der Waals surface area contributed by atoms with Gasteiger partial charge in [-0.15, -0.1) is 4.72 Å². The van der Waals surface area contributed by atoms with E-state index >= 15 is 0 Å². The average molecular weight is 320 g/mol. The number of fused-ring (bicyclic) bond motifs is 1. The Morgan fingerprint density at radius 2 is 2.18 bits per heavy atom. The third kappa shape index (κ3) is 2.54. The maximum absolute atomic E-state index is 12.1. The summed E-state index contributed by atoms with van der Waals surface area (Å²) in [5.41, 5.74) is 2.12. The zero-order chi connectivity index (χ0) is 12.8. The molecule has 17 heavy (non-hydrogen) atoms. The summed E-state index contributed by atoms with van der Waals surface area (Å²) in [5.74, 6) is 0. The second-order valence-electron chi connectivity index (χ2n) is 5.35. The van der Waals surface area contributed by atoms with Crippen LogP contribution in [0.25, 0.3) is 0 Å². The topological polar surface area (TPSA) is 52.9 Å². The molecule has 1 aromatic heterocycles. The van der Waals surface area contributed by atoms with Crippen molar-refractivity contribution in [3.05, 3.63) is 15.9 Å². The molecule has 1 aliphatic rings. The number of aryl methyl sites for hydroxylation is 2. The lowest BCUT2D eigenvalue weighted by Gasteiger charge is -2.26. The Balaban J connectivity index is 2.17. The number of nitrogens with zero attached hydrogens (tertiary/aromatic N) is 2. The van der Waals surface area contributed by atoms with Crippen LogP contribution in [0, 0.1) is 6.92 Å². The molecule has 0 spiro atoms. The highest BCUT2D eigenvalue weighted by molar-refractivity contribution is 9.10. The van der Waals surface area contributed by atoms with Gasteiger partial charge in [0.1, 0.15) is 4.75 Å². The second kappa shape index (κ2) is 4.57. The van der Waals surface area contributed by atoms with Gasteiger partial charge in [-0.1, -0.05) is 0 Å². The zero-order valence-corrected chi connectivity index (χ0v) is 13.0. The summed E-state index contributed by atoms with van der Waals surface area (Å²) in [7, 11) is 0. The predicted molar refractivity (Wildman–Crippen MR) is 73.1 cm³/mol. The van der Waals surface area contributed by atoms with E-state index in [0.717, 1.165) is 28.8 Å². The van der Waals surface area contributed by atoms with Crippen LogP contribution in [0.5, 0.6) is 0 Å². The van der Waals surface area contributed by atoms with Crippen molar-refractivity contribution in [1.29, 1.82) is 0 Å². The molecular formula is C11H18BrN3OS. The van der Waals surface area contributed by atoms with E-state index in [1.807, 2.05) is 32.4 Å². The maximum atomic E-state index is 12.1. The van der Waals surface area contributed by atoms with Crippen molar-refractivity contribution < 1.29 is 4.55 Å². The first-order valence-corrected chi connectivity index (χ1v) is 7.66. The van der Waals surface area contributed by atoms with Crippen molar-refractivity contribution >= 4 is 27.3 Å². The molecule has 0 aliphatic carbocycles. The molecule has 1 aromatic rings. The first kappa shape index (κ1) is 13.4. The Morgan fingerprint density at radius 3 is 2.76 bits per heavy atom. The van der Waals surface area contributed by atoms with Gasteiger partial charge in [0, 0.05) is 17.9 Å². The van der Waals surface area contributed by atoms with Gasteiger partial charge >= 0.3 is 0 Å². The number of hydrogen-bond acceptors (Lipinski definition) is 3. The maximum Gasteiger partial charge on any atom is 0.136 e. The van der Waals surface area contributed by atoms with E-state index in [2.05, 4.69) is 25.8 Å². The second-order valence-corrected chi connectivity index (χ2v) is 8.14. The molecule has 0 amide bonds. The van der Waals surface area contributed by atoms with Crippen LogP contribution in [0.1, 0.15) is 44.6 Å². The molecule has 1 aliphatic heterocycles. The van der Waals surface area contributed by atoms with Crippen LogP contribution in [0.15, 0.2) is 4.47 Å². The number of hydrogen-bond donors (Lipinski definition) is 1. The molecule has 0 saturated carbocycles. The van der Waals surface area contributed by atoms with E-state index < -0.39 is 11.4 Å². The molecule has 0 unspecified atom stereocenters. The Labute approximate surface area is 114 Å². The van der Waals surface area contributed by atoms with E-state index in [1.54, 1.807) is 0 Å². The van der Waals surface area contributed by atoms with E-state index in [9.17, 15) is 4.55 Å². The minimum Gasteiger partial charge on any atom is -0.598 e. The number of rotatable bonds is 2. The van der Waals surface area contributed by atoms with Crippen molar-refractivity contribution in [2.75, 3.05) is 0 Å². The molecule has 2 atom stereocenters. The summed E-state index contributed by atoms with van der Waals surface area (Å²) in [4.78, 5) is 0. The lowest BCUT2D eigenvalue weighted by Crippen LogP contribution is -2.40. The average Bonchev–Trinajstić information content (AvgIpc) is 2.69. The summed E-state index contributed by atoms with van der Waals surface area (Å²) in [6, 6.07) is 0.130. The van der Waals surface area contributed by atoms with Gasteiger partial charge in [0.2, 0.25) is 0 Å². The predicted octanol–water partition coefficient (Wildman–Crippen LogP) is 2.45. The van der Waals surface area contributed by atoms with Crippen molar-refractivity contribution in [2.45, 2.75) is 51.4 Å². The molecule has 0 saturated heterocycles. The third-order valence-corrected chi connectivity index (χ3v) is 5.45. The highest BCUT2D eigenvalue weighted by Crippen LogP contribution is 2.35. The van der Waals surface area contributed by atoms with Crippen LogP contribution >= 0.6 is 15.9 Å². The van der Waals surface area contributed by atoms with Crippen LogP contribution in [0.4, 0.5) is 0 Å².